The standard InChI is InChI=1S/C11H23N3O2S.HI/c1-4-12-11(14-10-8-9(10)2)13-6-5-7-17(3,15)16;/h9-10H,4-8H2,1-3H3,(H2,12,13,14);1H. The number of halogens is 1. The van der Waals surface area contributed by atoms with Crippen molar-refractivity contribution in [2.45, 2.75) is 32.7 Å². The summed E-state index contributed by atoms with van der Waals surface area (Å²) >= 11 is 0. The molecule has 1 aliphatic carbocycles. The van der Waals surface area contributed by atoms with Crippen molar-refractivity contribution in [3.05, 3.63) is 0 Å². The lowest BCUT2D eigenvalue weighted by molar-refractivity contribution is 0.599. The highest BCUT2D eigenvalue weighted by Gasteiger charge is 2.33. The average Bonchev–Trinajstić information content (AvgIpc) is 2.88. The highest BCUT2D eigenvalue weighted by Crippen LogP contribution is 2.28. The average molecular weight is 389 g/mol. The Kier molecular flexibility index (Phi) is 8.16. The van der Waals surface area contributed by atoms with Gasteiger partial charge in [0.05, 0.1) is 5.75 Å². The third kappa shape index (κ3) is 8.12. The fourth-order valence-electron chi connectivity index (χ4n) is 1.54. The SMILES string of the molecule is CCNC(=NCCCS(C)(=O)=O)NC1CC1C.I. The van der Waals surface area contributed by atoms with Crippen molar-refractivity contribution in [2.24, 2.45) is 10.9 Å². The third-order valence-electron chi connectivity index (χ3n) is 2.72. The molecule has 0 heterocycles. The van der Waals surface area contributed by atoms with Gasteiger partial charge in [0.2, 0.25) is 0 Å². The van der Waals surface area contributed by atoms with E-state index in [2.05, 4.69) is 22.5 Å². The van der Waals surface area contributed by atoms with E-state index in [-0.39, 0.29) is 29.7 Å². The molecule has 0 aromatic heterocycles. The van der Waals surface area contributed by atoms with Crippen molar-refractivity contribution in [3.8, 4) is 0 Å². The molecule has 2 unspecified atom stereocenters. The van der Waals surface area contributed by atoms with Crippen LogP contribution in [0.25, 0.3) is 0 Å². The molecule has 1 saturated carbocycles. The molecule has 7 heteroatoms. The number of rotatable bonds is 6. The number of hydrogen-bond donors (Lipinski definition) is 2. The molecule has 0 spiro atoms. The van der Waals surface area contributed by atoms with Gasteiger partial charge >= 0.3 is 0 Å². The number of aliphatic imine (C=N–C) groups is 1. The van der Waals surface area contributed by atoms with Gasteiger partial charge in [0.15, 0.2) is 5.96 Å². The van der Waals surface area contributed by atoms with Gasteiger partial charge in [-0.2, -0.15) is 0 Å². The Morgan fingerprint density at radius 2 is 2.06 bits per heavy atom. The lowest BCUT2D eigenvalue weighted by Crippen LogP contribution is -2.39. The van der Waals surface area contributed by atoms with Gasteiger partial charge in [-0.05, 0) is 25.7 Å². The van der Waals surface area contributed by atoms with Crippen molar-refractivity contribution >= 4 is 39.8 Å². The lowest BCUT2D eigenvalue weighted by Gasteiger charge is -2.10. The molecular formula is C11H24IN3O2S. The molecule has 1 fully saturated rings. The number of nitrogens with one attached hydrogen (secondary N) is 2. The number of hydrogen-bond acceptors (Lipinski definition) is 3. The number of sulfone groups is 1. The van der Waals surface area contributed by atoms with Gasteiger partial charge < -0.3 is 10.6 Å². The fraction of sp³-hybridized carbons (Fsp3) is 0.909. The van der Waals surface area contributed by atoms with Crippen molar-refractivity contribution in [1.82, 2.24) is 10.6 Å². The molecule has 0 saturated heterocycles. The first kappa shape index (κ1) is 17.9. The number of guanidine groups is 1. The van der Waals surface area contributed by atoms with Gasteiger partial charge in [0.1, 0.15) is 9.84 Å². The van der Waals surface area contributed by atoms with E-state index in [0.717, 1.165) is 18.4 Å². The van der Waals surface area contributed by atoms with Crippen molar-refractivity contribution < 1.29 is 8.42 Å². The molecule has 0 aromatic carbocycles. The molecule has 2 atom stereocenters. The molecule has 0 aliphatic heterocycles. The van der Waals surface area contributed by atoms with Gasteiger partial charge in [0.25, 0.3) is 0 Å². The van der Waals surface area contributed by atoms with Crippen LogP contribution in [-0.4, -0.2) is 45.5 Å². The van der Waals surface area contributed by atoms with Crippen LogP contribution in [0.4, 0.5) is 0 Å². The van der Waals surface area contributed by atoms with Gasteiger partial charge in [-0.3, -0.25) is 4.99 Å². The van der Waals surface area contributed by atoms with Gasteiger partial charge in [-0.1, -0.05) is 6.92 Å². The van der Waals surface area contributed by atoms with E-state index in [1.165, 1.54) is 12.7 Å². The monoisotopic (exact) mass is 389 g/mol. The highest BCUT2D eigenvalue weighted by atomic mass is 127. The van der Waals surface area contributed by atoms with Crippen LogP contribution in [0, 0.1) is 5.92 Å². The summed E-state index contributed by atoms with van der Waals surface area (Å²) in [5, 5.41) is 6.49. The number of nitrogens with zero attached hydrogens (tertiary/aromatic N) is 1. The van der Waals surface area contributed by atoms with Crippen LogP contribution < -0.4 is 10.6 Å². The summed E-state index contributed by atoms with van der Waals surface area (Å²) < 4.78 is 21.9. The third-order valence-corrected chi connectivity index (χ3v) is 3.75. The van der Waals surface area contributed by atoms with Crippen molar-refractivity contribution in [3.63, 3.8) is 0 Å². The first-order valence-electron chi connectivity index (χ1n) is 6.15. The first-order chi connectivity index (χ1) is 7.92. The Labute approximate surface area is 127 Å². The quantitative estimate of drug-likeness (QED) is 0.308. The summed E-state index contributed by atoms with van der Waals surface area (Å²) in [6, 6.07) is 0.530. The molecule has 5 nitrogen and oxygen atoms in total. The summed E-state index contributed by atoms with van der Waals surface area (Å²) in [6.07, 6.45) is 3.02. The molecule has 1 aliphatic rings. The first-order valence-corrected chi connectivity index (χ1v) is 8.21. The molecule has 18 heavy (non-hydrogen) atoms. The molecular weight excluding hydrogens is 365 g/mol. The molecule has 0 aromatic rings. The van der Waals surface area contributed by atoms with Crippen LogP contribution >= 0.6 is 24.0 Å². The fourth-order valence-corrected chi connectivity index (χ4v) is 2.19. The maximum atomic E-state index is 11.0. The van der Waals surface area contributed by atoms with E-state index in [9.17, 15) is 8.42 Å². The smallest absolute Gasteiger partial charge is 0.191 e. The molecule has 0 bridgehead atoms. The van der Waals surface area contributed by atoms with Crippen LogP contribution in [0.5, 0.6) is 0 Å². The van der Waals surface area contributed by atoms with E-state index >= 15 is 0 Å². The minimum absolute atomic E-state index is 0. The second kappa shape index (κ2) is 8.19. The summed E-state index contributed by atoms with van der Waals surface area (Å²) in [6.45, 7) is 5.58. The van der Waals surface area contributed by atoms with E-state index < -0.39 is 9.84 Å². The van der Waals surface area contributed by atoms with Crippen LogP contribution in [-0.2, 0) is 9.84 Å². The Morgan fingerprint density at radius 1 is 1.44 bits per heavy atom. The van der Waals surface area contributed by atoms with Gasteiger partial charge in [-0.25, -0.2) is 8.42 Å². The van der Waals surface area contributed by atoms with E-state index in [1.54, 1.807) is 0 Å². The Hall–Kier alpha value is -0.0500. The maximum Gasteiger partial charge on any atom is 0.191 e. The van der Waals surface area contributed by atoms with Crippen LogP contribution in [0.3, 0.4) is 0 Å². The molecule has 108 valence electrons. The second-order valence-corrected chi connectivity index (χ2v) is 6.97. The zero-order valence-electron chi connectivity index (χ0n) is 11.3. The Morgan fingerprint density at radius 3 is 2.50 bits per heavy atom. The van der Waals surface area contributed by atoms with Crippen LogP contribution in [0.2, 0.25) is 0 Å². The maximum absolute atomic E-state index is 11.0. The summed E-state index contributed by atoms with van der Waals surface area (Å²) in [4.78, 5) is 4.36. The summed E-state index contributed by atoms with van der Waals surface area (Å²) in [5.41, 5.74) is 0. The minimum atomic E-state index is -2.86. The molecule has 2 N–H and O–H groups in total. The van der Waals surface area contributed by atoms with Gasteiger partial charge in [0, 0.05) is 25.4 Å². The predicted octanol–water partition coefficient (Wildman–Crippen LogP) is 1.00. The minimum Gasteiger partial charge on any atom is -0.357 e. The Balaban J connectivity index is 0.00000289. The highest BCUT2D eigenvalue weighted by molar-refractivity contribution is 14.0. The molecule has 1 rings (SSSR count). The van der Waals surface area contributed by atoms with Gasteiger partial charge in [-0.15, -0.1) is 24.0 Å². The molecule has 0 amide bonds. The van der Waals surface area contributed by atoms with E-state index in [1.807, 2.05) is 6.92 Å². The van der Waals surface area contributed by atoms with E-state index in [4.69, 9.17) is 0 Å². The van der Waals surface area contributed by atoms with E-state index in [0.29, 0.717) is 19.0 Å². The second-order valence-electron chi connectivity index (χ2n) is 4.71. The zero-order valence-corrected chi connectivity index (χ0v) is 14.4. The van der Waals surface area contributed by atoms with Crippen LogP contribution in [0.1, 0.15) is 26.7 Å². The van der Waals surface area contributed by atoms with Crippen molar-refractivity contribution in [2.75, 3.05) is 25.1 Å². The lowest BCUT2D eigenvalue weighted by atomic mass is 10.5. The zero-order chi connectivity index (χ0) is 12.9. The van der Waals surface area contributed by atoms with Crippen molar-refractivity contribution in [1.29, 1.82) is 0 Å². The Bertz CT molecular complexity index is 370. The molecule has 0 radical (unpaired) electrons. The summed E-state index contributed by atoms with van der Waals surface area (Å²) in [7, 11) is -2.86. The largest absolute Gasteiger partial charge is 0.357 e. The predicted molar refractivity (Wildman–Crippen MR) is 86.4 cm³/mol. The normalized spacial score (nSPS) is 23.2. The van der Waals surface area contributed by atoms with Crippen LogP contribution in [0.15, 0.2) is 4.99 Å². The topological polar surface area (TPSA) is 70.6 Å². The summed E-state index contributed by atoms with van der Waals surface area (Å²) in [5.74, 6) is 1.72.